The van der Waals surface area contributed by atoms with Crippen molar-refractivity contribution in [3.8, 4) is 0 Å². The van der Waals surface area contributed by atoms with Crippen LogP contribution in [-0.2, 0) is 16.1 Å². The van der Waals surface area contributed by atoms with Gasteiger partial charge in [-0.1, -0.05) is 12.1 Å². The summed E-state index contributed by atoms with van der Waals surface area (Å²) < 4.78 is 5.06. The minimum absolute atomic E-state index is 0.0238. The van der Waals surface area contributed by atoms with Gasteiger partial charge in [0, 0.05) is 25.9 Å². The summed E-state index contributed by atoms with van der Waals surface area (Å²) >= 11 is 0. The number of ether oxygens (including phenoxy) is 1. The van der Waals surface area contributed by atoms with Crippen LogP contribution in [0.25, 0.3) is 0 Å². The van der Waals surface area contributed by atoms with Gasteiger partial charge < -0.3 is 15.4 Å². The molecule has 4 nitrogen and oxygen atoms in total. The van der Waals surface area contributed by atoms with Crippen molar-refractivity contribution in [1.82, 2.24) is 4.90 Å². The highest BCUT2D eigenvalue weighted by molar-refractivity contribution is 5.77. The first kappa shape index (κ1) is 12.5. The zero-order chi connectivity index (χ0) is 12.0. The molecule has 0 atom stereocenters. The molecule has 1 amide bonds. The highest BCUT2D eigenvalue weighted by Gasteiger charge is 2.08. The van der Waals surface area contributed by atoms with Crippen molar-refractivity contribution < 1.29 is 9.53 Å². The van der Waals surface area contributed by atoms with Gasteiger partial charge in [0.05, 0.1) is 0 Å². The predicted octanol–water partition coefficient (Wildman–Crippen LogP) is 1.26. The number of nitrogen functional groups attached to an aromatic ring is 1. The SMILES string of the molecule is CCOCC(=O)N(C)Cc1cccc(N)c1. The lowest BCUT2D eigenvalue weighted by Crippen LogP contribution is -2.29. The number of rotatable bonds is 5. The highest BCUT2D eigenvalue weighted by atomic mass is 16.5. The van der Waals surface area contributed by atoms with Gasteiger partial charge in [0.25, 0.3) is 0 Å². The van der Waals surface area contributed by atoms with E-state index in [1.165, 1.54) is 0 Å². The number of carbonyl (C=O) groups excluding carboxylic acids is 1. The summed E-state index contributed by atoms with van der Waals surface area (Å²) in [4.78, 5) is 13.2. The normalized spacial score (nSPS) is 10.1. The van der Waals surface area contributed by atoms with E-state index >= 15 is 0 Å². The Kier molecular flexibility index (Phi) is 4.79. The molecular weight excluding hydrogens is 204 g/mol. The maximum atomic E-state index is 11.6. The lowest BCUT2D eigenvalue weighted by atomic mass is 10.2. The first-order chi connectivity index (χ1) is 7.63. The summed E-state index contributed by atoms with van der Waals surface area (Å²) in [5.41, 5.74) is 7.39. The molecule has 0 aliphatic rings. The fraction of sp³-hybridized carbons (Fsp3) is 0.417. The Morgan fingerprint density at radius 2 is 2.25 bits per heavy atom. The van der Waals surface area contributed by atoms with Gasteiger partial charge in [-0.3, -0.25) is 4.79 Å². The van der Waals surface area contributed by atoms with E-state index in [9.17, 15) is 4.79 Å². The Labute approximate surface area is 96.0 Å². The molecule has 0 fully saturated rings. The molecule has 0 radical (unpaired) electrons. The van der Waals surface area contributed by atoms with E-state index in [0.29, 0.717) is 18.8 Å². The number of hydrogen-bond acceptors (Lipinski definition) is 3. The average Bonchev–Trinajstić information content (AvgIpc) is 2.25. The van der Waals surface area contributed by atoms with Crippen LogP contribution < -0.4 is 5.73 Å². The number of likely N-dealkylation sites (N-methyl/N-ethyl adjacent to an activating group) is 1. The van der Waals surface area contributed by atoms with Gasteiger partial charge in [-0.05, 0) is 24.6 Å². The Balaban J connectivity index is 2.50. The molecule has 0 saturated carbocycles. The molecule has 0 bridgehead atoms. The number of carbonyl (C=O) groups is 1. The number of amides is 1. The Hall–Kier alpha value is -1.55. The maximum Gasteiger partial charge on any atom is 0.248 e. The molecule has 0 saturated heterocycles. The fourth-order valence-electron chi connectivity index (χ4n) is 1.35. The quantitative estimate of drug-likeness (QED) is 0.763. The van der Waals surface area contributed by atoms with E-state index in [2.05, 4.69) is 0 Å². The molecule has 1 aromatic carbocycles. The molecule has 88 valence electrons. The van der Waals surface area contributed by atoms with Crippen LogP contribution in [0, 0.1) is 0 Å². The number of benzene rings is 1. The summed E-state index contributed by atoms with van der Waals surface area (Å²) in [6, 6.07) is 7.52. The van der Waals surface area contributed by atoms with Crippen LogP contribution >= 0.6 is 0 Å². The second kappa shape index (κ2) is 6.12. The summed E-state index contributed by atoms with van der Waals surface area (Å²) in [7, 11) is 1.75. The van der Waals surface area contributed by atoms with Gasteiger partial charge in [-0.2, -0.15) is 0 Å². The molecule has 1 rings (SSSR count). The van der Waals surface area contributed by atoms with E-state index in [4.69, 9.17) is 10.5 Å². The number of hydrogen-bond donors (Lipinski definition) is 1. The van der Waals surface area contributed by atoms with E-state index in [1.54, 1.807) is 11.9 Å². The third-order valence-corrected chi connectivity index (χ3v) is 2.23. The van der Waals surface area contributed by atoms with Crippen LogP contribution in [0.3, 0.4) is 0 Å². The standard InChI is InChI=1S/C12H18N2O2/c1-3-16-9-12(15)14(2)8-10-5-4-6-11(13)7-10/h4-7H,3,8-9,13H2,1-2H3. The Bertz CT molecular complexity index is 353. The van der Waals surface area contributed by atoms with Crippen molar-refractivity contribution in [3.63, 3.8) is 0 Å². The van der Waals surface area contributed by atoms with Gasteiger partial charge in [0.15, 0.2) is 0 Å². The van der Waals surface area contributed by atoms with Gasteiger partial charge in [0.2, 0.25) is 5.91 Å². The van der Waals surface area contributed by atoms with Crippen LogP contribution in [0.5, 0.6) is 0 Å². The lowest BCUT2D eigenvalue weighted by Gasteiger charge is -2.17. The van der Waals surface area contributed by atoms with Crippen molar-refractivity contribution in [2.24, 2.45) is 0 Å². The summed E-state index contributed by atoms with van der Waals surface area (Å²) in [5.74, 6) is -0.0238. The van der Waals surface area contributed by atoms with Crippen molar-refractivity contribution in [3.05, 3.63) is 29.8 Å². The molecule has 0 spiro atoms. The minimum atomic E-state index is -0.0238. The fourth-order valence-corrected chi connectivity index (χ4v) is 1.35. The van der Waals surface area contributed by atoms with Gasteiger partial charge >= 0.3 is 0 Å². The first-order valence-corrected chi connectivity index (χ1v) is 5.29. The monoisotopic (exact) mass is 222 g/mol. The molecule has 16 heavy (non-hydrogen) atoms. The predicted molar refractivity (Wildman–Crippen MR) is 63.8 cm³/mol. The Morgan fingerprint density at radius 3 is 2.88 bits per heavy atom. The van der Waals surface area contributed by atoms with E-state index < -0.39 is 0 Å². The first-order valence-electron chi connectivity index (χ1n) is 5.29. The van der Waals surface area contributed by atoms with Crippen LogP contribution in [0.4, 0.5) is 5.69 Å². The van der Waals surface area contributed by atoms with Crippen LogP contribution in [-0.4, -0.2) is 31.1 Å². The summed E-state index contributed by atoms with van der Waals surface area (Å²) in [6.07, 6.45) is 0. The number of nitrogens with two attached hydrogens (primary N) is 1. The zero-order valence-electron chi connectivity index (χ0n) is 9.77. The van der Waals surface area contributed by atoms with E-state index in [1.807, 2.05) is 31.2 Å². The van der Waals surface area contributed by atoms with Gasteiger partial charge in [0.1, 0.15) is 6.61 Å². The largest absolute Gasteiger partial charge is 0.399 e. The topological polar surface area (TPSA) is 55.6 Å². The summed E-state index contributed by atoms with van der Waals surface area (Å²) in [6.45, 7) is 3.11. The number of anilines is 1. The average molecular weight is 222 g/mol. The van der Waals surface area contributed by atoms with Crippen molar-refractivity contribution in [2.45, 2.75) is 13.5 Å². The molecule has 0 aliphatic carbocycles. The minimum Gasteiger partial charge on any atom is -0.399 e. The third-order valence-electron chi connectivity index (χ3n) is 2.23. The molecule has 4 heteroatoms. The smallest absolute Gasteiger partial charge is 0.248 e. The lowest BCUT2D eigenvalue weighted by molar-refractivity contribution is -0.135. The van der Waals surface area contributed by atoms with Gasteiger partial charge in [-0.15, -0.1) is 0 Å². The Morgan fingerprint density at radius 1 is 1.50 bits per heavy atom. The molecular formula is C12H18N2O2. The van der Waals surface area contributed by atoms with Crippen molar-refractivity contribution in [1.29, 1.82) is 0 Å². The molecule has 1 aromatic rings. The van der Waals surface area contributed by atoms with Crippen molar-refractivity contribution >= 4 is 11.6 Å². The summed E-state index contributed by atoms with van der Waals surface area (Å²) in [5, 5.41) is 0. The van der Waals surface area contributed by atoms with E-state index in [-0.39, 0.29) is 12.5 Å². The van der Waals surface area contributed by atoms with Crippen LogP contribution in [0.1, 0.15) is 12.5 Å². The maximum absolute atomic E-state index is 11.6. The van der Waals surface area contributed by atoms with Crippen LogP contribution in [0.2, 0.25) is 0 Å². The molecule has 0 aromatic heterocycles. The third kappa shape index (κ3) is 3.90. The van der Waals surface area contributed by atoms with Crippen LogP contribution in [0.15, 0.2) is 24.3 Å². The van der Waals surface area contributed by atoms with Gasteiger partial charge in [-0.25, -0.2) is 0 Å². The molecule has 0 unspecified atom stereocenters. The highest BCUT2D eigenvalue weighted by Crippen LogP contribution is 2.08. The number of nitrogens with zero attached hydrogens (tertiary/aromatic N) is 1. The molecule has 2 N–H and O–H groups in total. The van der Waals surface area contributed by atoms with Crippen molar-refractivity contribution in [2.75, 3.05) is 26.0 Å². The zero-order valence-corrected chi connectivity index (χ0v) is 9.77. The second-order valence-electron chi connectivity index (χ2n) is 3.63. The molecule has 0 heterocycles. The van der Waals surface area contributed by atoms with E-state index in [0.717, 1.165) is 5.56 Å². The second-order valence-corrected chi connectivity index (χ2v) is 3.63. The molecule has 0 aliphatic heterocycles.